The predicted octanol–water partition coefficient (Wildman–Crippen LogP) is 1.88. The van der Waals surface area contributed by atoms with Crippen molar-refractivity contribution in [1.29, 1.82) is 0 Å². The largest absolute Gasteiger partial charge is 0.378 e. The number of ether oxygens (including phenoxy) is 2. The molecule has 4 rings (SSSR count). The topological polar surface area (TPSA) is 59.1 Å². The van der Waals surface area contributed by atoms with Gasteiger partial charge in [0.2, 0.25) is 5.78 Å². The van der Waals surface area contributed by atoms with Gasteiger partial charge in [-0.25, -0.2) is 0 Å². The van der Waals surface area contributed by atoms with Gasteiger partial charge < -0.3 is 19.3 Å². The van der Waals surface area contributed by atoms with Crippen LogP contribution in [0, 0.1) is 0 Å². The lowest BCUT2D eigenvalue weighted by Crippen LogP contribution is -2.45. The molecule has 2 heterocycles. The average molecular weight is 382 g/mol. The number of Topliss-reactive ketones (excluding diaryl/α,β-unsaturated/α-hetero) is 1. The molecule has 2 aliphatic heterocycles. The first kappa shape index (κ1) is 18.9. The second kappa shape index (κ2) is 8.71. The number of amides is 1. The number of rotatable bonds is 4. The van der Waals surface area contributed by atoms with Crippen molar-refractivity contribution in [2.75, 3.05) is 52.6 Å². The fourth-order valence-corrected chi connectivity index (χ4v) is 4.02. The number of nitrogens with zero attached hydrogens (tertiary/aromatic N) is 2. The molecule has 0 atom stereocenters. The number of carbonyl (C=O) groups excluding carboxylic acids is 2. The molecule has 0 aromatic heterocycles. The summed E-state index contributed by atoms with van der Waals surface area (Å²) in [4.78, 5) is 29.8. The van der Waals surface area contributed by atoms with Crippen molar-refractivity contribution in [1.82, 2.24) is 9.80 Å². The van der Waals surface area contributed by atoms with Gasteiger partial charge in [0.25, 0.3) is 5.91 Å². The van der Waals surface area contributed by atoms with Gasteiger partial charge >= 0.3 is 0 Å². The monoisotopic (exact) mass is 382 g/mol. The molecule has 0 N–H and O–H groups in total. The maximum atomic E-state index is 13.1. The normalized spacial score (nSPS) is 22.1. The molecule has 0 spiro atoms. The van der Waals surface area contributed by atoms with Crippen LogP contribution < -0.4 is 0 Å². The Morgan fingerprint density at radius 2 is 1.50 bits per heavy atom. The fourth-order valence-electron chi connectivity index (χ4n) is 4.02. The van der Waals surface area contributed by atoms with Crippen LogP contribution in [0.4, 0.5) is 0 Å². The lowest BCUT2D eigenvalue weighted by atomic mass is 10.1. The number of morpholine rings is 2. The molecule has 148 valence electrons. The zero-order valence-electron chi connectivity index (χ0n) is 16.1. The highest BCUT2D eigenvalue weighted by Gasteiger charge is 2.34. The molecule has 28 heavy (non-hydrogen) atoms. The van der Waals surface area contributed by atoms with E-state index in [9.17, 15) is 9.59 Å². The van der Waals surface area contributed by atoms with Gasteiger partial charge in [0.05, 0.1) is 26.4 Å². The molecule has 0 saturated carbocycles. The Bertz CT molecular complexity index is 788. The first-order chi connectivity index (χ1) is 13.7. The Hall–Kier alpha value is -2.44. The summed E-state index contributed by atoms with van der Waals surface area (Å²) in [5.41, 5.74) is 3.84. The van der Waals surface area contributed by atoms with Crippen molar-refractivity contribution in [3.8, 4) is 0 Å². The fraction of sp³-hybridized carbons (Fsp3) is 0.455. The average Bonchev–Trinajstić information content (AvgIpc) is 3.18. The van der Waals surface area contributed by atoms with Crippen LogP contribution in [-0.2, 0) is 19.1 Å². The number of allylic oxidation sites excluding steroid dienone is 1. The van der Waals surface area contributed by atoms with Gasteiger partial charge in [0.15, 0.2) is 0 Å². The Labute approximate surface area is 165 Å². The third kappa shape index (κ3) is 4.03. The predicted molar refractivity (Wildman–Crippen MR) is 105 cm³/mol. The van der Waals surface area contributed by atoms with E-state index in [1.54, 1.807) is 4.90 Å². The maximum Gasteiger partial charge on any atom is 0.294 e. The molecule has 2 fully saturated rings. The van der Waals surface area contributed by atoms with Crippen LogP contribution in [0.25, 0.3) is 6.08 Å². The van der Waals surface area contributed by atoms with Gasteiger partial charge in [-0.2, -0.15) is 0 Å². The molecule has 3 aliphatic rings. The van der Waals surface area contributed by atoms with Crippen molar-refractivity contribution in [2.24, 2.45) is 0 Å². The quantitative estimate of drug-likeness (QED) is 0.744. The standard InChI is InChI=1S/C22H26N2O4/c25-21(22(26)24-10-14-28-15-11-24)19-7-6-18(16-17-4-2-1-3-5-17)20(19)23-8-12-27-13-9-23/h1-5,16H,6-15H2. The molecule has 1 amide bonds. The van der Waals surface area contributed by atoms with E-state index in [4.69, 9.17) is 9.47 Å². The van der Waals surface area contributed by atoms with Crippen LogP contribution in [0.1, 0.15) is 18.4 Å². The minimum atomic E-state index is -0.398. The van der Waals surface area contributed by atoms with Crippen LogP contribution in [0.5, 0.6) is 0 Å². The highest BCUT2D eigenvalue weighted by Crippen LogP contribution is 2.36. The van der Waals surface area contributed by atoms with Crippen molar-refractivity contribution in [3.63, 3.8) is 0 Å². The number of benzene rings is 1. The van der Waals surface area contributed by atoms with Gasteiger partial charge in [0.1, 0.15) is 0 Å². The van der Waals surface area contributed by atoms with E-state index in [0.717, 1.165) is 36.3 Å². The van der Waals surface area contributed by atoms with Crippen LogP contribution in [-0.4, -0.2) is 74.1 Å². The summed E-state index contributed by atoms with van der Waals surface area (Å²) in [5.74, 6) is -0.759. The van der Waals surface area contributed by atoms with Crippen LogP contribution >= 0.6 is 0 Å². The SMILES string of the molecule is O=C(C(=O)N1CCOCC1)C1=C(N2CCOCC2)C(=Cc2ccccc2)CC1. The Kier molecular flexibility index (Phi) is 5.88. The lowest BCUT2D eigenvalue weighted by Gasteiger charge is -2.32. The number of hydrogen-bond donors (Lipinski definition) is 0. The third-order valence-corrected chi connectivity index (χ3v) is 5.47. The number of hydrogen-bond acceptors (Lipinski definition) is 5. The van der Waals surface area contributed by atoms with Gasteiger partial charge in [-0.3, -0.25) is 9.59 Å². The highest BCUT2D eigenvalue weighted by molar-refractivity contribution is 6.43. The number of carbonyl (C=O) groups is 2. The summed E-state index contributed by atoms with van der Waals surface area (Å²) >= 11 is 0. The molecule has 0 unspecified atom stereocenters. The minimum absolute atomic E-state index is 0.361. The minimum Gasteiger partial charge on any atom is -0.378 e. The van der Waals surface area contributed by atoms with E-state index in [-0.39, 0.29) is 5.78 Å². The van der Waals surface area contributed by atoms with E-state index < -0.39 is 5.91 Å². The second-order valence-corrected chi connectivity index (χ2v) is 7.24. The smallest absolute Gasteiger partial charge is 0.294 e. The first-order valence-corrected chi connectivity index (χ1v) is 9.97. The van der Waals surface area contributed by atoms with Crippen LogP contribution in [0.2, 0.25) is 0 Å². The Morgan fingerprint density at radius 3 is 2.18 bits per heavy atom. The third-order valence-electron chi connectivity index (χ3n) is 5.47. The van der Waals surface area contributed by atoms with Crippen molar-refractivity contribution in [2.45, 2.75) is 12.8 Å². The molecule has 2 saturated heterocycles. The maximum absolute atomic E-state index is 13.1. The molecular weight excluding hydrogens is 356 g/mol. The summed E-state index contributed by atoms with van der Waals surface area (Å²) in [6.45, 7) is 4.71. The van der Waals surface area contributed by atoms with Crippen LogP contribution in [0.15, 0.2) is 47.2 Å². The zero-order valence-corrected chi connectivity index (χ0v) is 16.1. The van der Waals surface area contributed by atoms with E-state index in [1.165, 1.54) is 0 Å². The van der Waals surface area contributed by atoms with Gasteiger partial charge in [0, 0.05) is 37.4 Å². The summed E-state index contributed by atoms with van der Waals surface area (Å²) in [7, 11) is 0. The van der Waals surface area contributed by atoms with Crippen molar-refractivity contribution < 1.29 is 19.1 Å². The summed E-state index contributed by atoms with van der Waals surface area (Å²) in [6.07, 6.45) is 3.53. The van der Waals surface area contributed by atoms with Crippen LogP contribution in [0.3, 0.4) is 0 Å². The molecule has 1 aromatic carbocycles. The first-order valence-electron chi connectivity index (χ1n) is 9.97. The molecule has 1 aromatic rings. The molecule has 1 aliphatic carbocycles. The molecule has 6 heteroatoms. The number of ketones is 1. The van der Waals surface area contributed by atoms with Crippen molar-refractivity contribution >= 4 is 17.8 Å². The Morgan fingerprint density at radius 1 is 0.857 bits per heavy atom. The van der Waals surface area contributed by atoms with E-state index >= 15 is 0 Å². The zero-order chi connectivity index (χ0) is 19.3. The van der Waals surface area contributed by atoms with Gasteiger partial charge in [-0.1, -0.05) is 30.3 Å². The summed E-state index contributed by atoms with van der Waals surface area (Å²) in [5, 5.41) is 0. The molecular formula is C22H26N2O4. The Balaban J connectivity index is 1.66. The van der Waals surface area contributed by atoms with Crippen molar-refractivity contribution in [3.05, 3.63) is 52.7 Å². The van der Waals surface area contributed by atoms with E-state index in [1.807, 2.05) is 18.2 Å². The molecule has 0 radical (unpaired) electrons. The summed E-state index contributed by atoms with van der Waals surface area (Å²) in [6, 6.07) is 10.1. The van der Waals surface area contributed by atoms with Gasteiger partial charge in [-0.15, -0.1) is 0 Å². The molecule has 6 nitrogen and oxygen atoms in total. The van der Waals surface area contributed by atoms with E-state index in [2.05, 4.69) is 23.1 Å². The van der Waals surface area contributed by atoms with Gasteiger partial charge in [-0.05, 0) is 30.1 Å². The lowest BCUT2D eigenvalue weighted by molar-refractivity contribution is -0.145. The highest BCUT2D eigenvalue weighted by atomic mass is 16.5. The van der Waals surface area contributed by atoms with E-state index in [0.29, 0.717) is 51.5 Å². The molecule has 0 bridgehead atoms. The summed E-state index contributed by atoms with van der Waals surface area (Å²) < 4.78 is 10.8. The second-order valence-electron chi connectivity index (χ2n) is 7.24.